The summed E-state index contributed by atoms with van der Waals surface area (Å²) in [7, 11) is 0. The van der Waals surface area contributed by atoms with Crippen LogP contribution in [0.15, 0.2) is 18.2 Å². The summed E-state index contributed by atoms with van der Waals surface area (Å²) >= 11 is 0. The van der Waals surface area contributed by atoms with Crippen LogP contribution < -0.4 is 9.64 Å². The van der Waals surface area contributed by atoms with E-state index in [2.05, 4.69) is 36.9 Å². The molecule has 1 unspecified atom stereocenters. The highest BCUT2D eigenvalue weighted by molar-refractivity contribution is 5.61. The Bertz CT molecular complexity index is 436. The van der Waals surface area contributed by atoms with E-state index in [1.807, 2.05) is 6.07 Å². The van der Waals surface area contributed by atoms with Crippen LogP contribution in [0.4, 0.5) is 5.69 Å². The largest absolute Gasteiger partial charge is 0.486 e. The second kappa shape index (κ2) is 5.09. The summed E-state index contributed by atoms with van der Waals surface area (Å²) in [4.78, 5) is 2.27. The van der Waals surface area contributed by atoms with Crippen molar-refractivity contribution in [2.45, 2.75) is 32.8 Å². The molecule has 1 aliphatic heterocycles. The van der Waals surface area contributed by atoms with Crippen molar-refractivity contribution in [3.63, 3.8) is 0 Å². The van der Waals surface area contributed by atoms with Gasteiger partial charge in [0.2, 0.25) is 0 Å². The van der Waals surface area contributed by atoms with Crippen molar-refractivity contribution < 1.29 is 4.74 Å². The molecular weight excluding hydrogens is 212 g/mol. The molecule has 1 atom stereocenters. The third-order valence-corrected chi connectivity index (χ3v) is 3.12. The molecule has 0 fully saturated rings. The first-order chi connectivity index (χ1) is 8.24. The highest BCUT2D eigenvalue weighted by atomic mass is 16.5. The third-order valence-electron chi connectivity index (χ3n) is 3.12. The van der Waals surface area contributed by atoms with Crippen molar-refractivity contribution in [3.05, 3.63) is 23.8 Å². The molecule has 0 N–H and O–H groups in total. The predicted molar refractivity (Wildman–Crippen MR) is 68.3 cm³/mol. The van der Waals surface area contributed by atoms with E-state index >= 15 is 0 Å². The molecule has 0 aromatic heterocycles. The van der Waals surface area contributed by atoms with Crippen LogP contribution >= 0.6 is 0 Å². The number of hydrogen-bond donors (Lipinski definition) is 0. The van der Waals surface area contributed by atoms with Gasteiger partial charge < -0.3 is 9.64 Å². The molecule has 1 heterocycles. The average Bonchev–Trinajstić information content (AvgIpc) is 2.35. The number of anilines is 1. The normalized spacial score (nSPS) is 18.2. The Hall–Kier alpha value is -1.69. The molecule has 2 rings (SSSR count). The Balaban J connectivity index is 2.27. The van der Waals surface area contributed by atoms with Gasteiger partial charge in [-0.2, -0.15) is 5.26 Å². The maximum Gasteiger partial charge on any atom is 0.143 e. The van der Waals surface area contributed by atoms with Crippen molar-refractivity contribution in [2.24, 2.45) is 0 Å². The molecule has 1 aromatic rings. The number of nitriles is 1. The van der Waals surface area contributed by atoms with Gasteiger partial charge in [0.25, 0.3) is 0 Å². The Morgan fingerprint density at radius 1 is 1.53 bits per heavy atom. The van der Waals surface area contributed by atoms with Crippen LogP contribution in [0.3, 0.4) is 0 Å². The lowest BCUT2D eigenvalue weighted by molar-refractivity contribution is 0.189. The molecular formula is C14H18N2O. The fourth-order valence-corrected chi connectivity index (χ4v) is 2.14. The van der Waals surface area contributed by atoms with Crippen LogP contribution in [0.25, 0.3) is 0 Å². The van der Waals surface area contributed by atoms with Gasteiger partial charge in [-0.1, -0.05) is 13.0 Å². The second-order valence-corrected chi connectivity index (χ2v) is 4.47. The zero-order chi connectivity index (χ0) is 12.3. The highest BCUT2D eigenvalue weighted by Gasteiger charge is 2.24. The first kappa shape index (κ1) is 11.8. The average molecular weight is 230 g/mol. The molecule has 0 amide bonds. The van der Waals surface area contributed by atoms with Crippen LogP contribution in [-0.2, 0) is 0 Å². The van der Waals surface area contributed by atoms with Gasteiger partial charge in [-0.3, -0.25) is 0 Å². The van der Waals surface area contributed by atoms with Crippen molar-refractivity contribution in [2.75, 3.05) is 18.0 Å². The van der Waals surface area contributed by atoms with Gasteiger partial charge in [0.1, 0.15) is 11.9 Å². The number of hydrogen-bond acceptors (Lipinski definition) is 3. The standard InChI is InChI=1S/C14H18N2O/c1-3-12-10-16(8-4-7-15)13-9-11(2)5-6-14(13)17-12/h5-6,9,12H,3-4,8,10H2,1-2H3. The lowest BCUT2D eigenvalue weighted by Crippen LogP contribution is -2.40. The molecule has 3 heteroatoms. The minimum Gasteiger partial charge on any atom is -0.486 e. The van der Waals surface area contributed by atoms with Crippen LogP contribution in [0.5, 0.6) is 5.75 Å². The van der Waals surface area contributed by atoms with Crippen LogP contribution in [0.1, 0.15) is 25.3 Å². The van der Waals surface area contributed by atoms with Gasteiger partial charge in [-0.25, -0.2) is 0 Å². The molecule has 3 nitrogen and oxygen atoms in total. The lowest BCUT2D eigenvalue weighted by atomic mass is 10.1. The first-order valence-corrected chi connectivity index (χ1v) is 6.13. The summed E-state index contributed by atoms with van der Waals surface area (Å²) in [6.45, 7) is 5.88. The van der Waals surface area contributed by atoms with Crippen molar-refractivity contribution in [3.8, 4) is 11.8 Å². The topological polar surface area (TPSA) is 36.3 Å². The molecule has 1 aromatic carbocycles. The van der Waals surface area contributed by atoms with E-state index in [0.717, 1.165) is 30.9 Å². The second-order valence-electron chi connectivity index (χ2n) is 4.47. The fraction of sp³-hybridized carbons (Fsp3) is 0.500. The van der Waals surface area contributed by atoms with Crippen molar-refractivity contribution in [1.82, 2.24) is 0 Å². The molecule has 0 saturated carbocycles. The monoisotopic (exact) mass is 230 g/mol. The van der Waals surface area contributed by atoms with Crippen LogP contribution in [0, 0.1) is 18.3 Å². The summed E-state index contributed by atoms with van der Waals surface area (Å²) in [6, 6.07) is 8.45. The number of benzene rings is 1. The van der Waals surface area contributed by atoms with E-state index in [-0.39, 0.29) is 6.10 Å². The maximum atomic E-state index is 8.71. The van der Waals surface area contributed by atoms with Gasteiger partial charge >= 0.3 is 0 Å². The Kier molecular flexibility index (Phi) is 3.53. The molecule has 90 valence electrons. The van der Waals surface area contributed by atoms with Gasteiger partial charge in [-0.15, -0.1) is 0 Å². The zero-order valence-electron chi connectivity index (χ0n) is 10.4. The molecule has 0 aliphatic carbocycles. The molecule has 0 radical (unpaired) electrons. The Morgan fingerprint density at radius 3 is 3.06 bits per heavy atom. The van der Waals surface area contributed by atoms with Gasteiger partial charge in [0, 0.05) is 6.54 Å². The summed E-state index contributed by atoms with van der Waals surface area (Å²) in [6.07, 6.45) is 1.80. The Morgan fingerprint density at radius 2 is 2.35 bits per heavy atom. The van der Waals surface area contributed by atoms with Crippen LogP contribution in [-0.4, -0.2) is 19.2 Å². The maximum absolute atomic E-state index is 8.71. The smallest absolute Gasteiger partial charge is 0.143 e. The summed E-state index contributed by atoms with van der Waals surface area (Å²) < 4.78 is 5.92. The van der Waals surface area contributed by atoms with Crippen molar-refractivity contribution in [1.29, 1.82) is 5.26 Å². The van der Waals surface area contributed by atoms with E-state index in [4.69, 9.17) is 10.00 Å². The van der Waals surface area contributed by atoms with E-state index in [1.54, 1.807) is 0 Å². The van der Waals surface area contributed by atoms with E-state index in [1.165, 1.54) is 5.56 Å². The minimum atomic E-state index is 0.240. The highest BCUT2D eigenvalue weighted by Crippen LogP contribution is 2.34. The zero-order valence-corrected chi connectivity index (χ0v) is 10.4. The molecule has 0 bridgehead atoms. The van der Waals surface area contributed by atoms with Gasteiger partial charge in [0.05, 0.1) is 24.7 Å². The third kappa shape index (κ3) is 2.52. The SMILES string of the molecule is CCC1CN(CCC#N)c2cc(C)ccc2O1. The summed E-state index contributed by atoms with van der Waals surface area (Å²) in [5.74, 6) is 0.951. The van der Waals surface area contributed by atoms with Gasteiger partial charge in [-0.05, 0) is 31.0 Å². The number of aryl methyl sites for hydroxylation is 1. The molecule has 1 aliphatic rings. The number of rotatable bonds is 3. The Labute approximate surface area is 103 Å². The minimum absolute atomic E-state index is 0.240. The van der Waals surface area contributed by atoms with Gasteiger partial charge in [0.15, 0.2) is 0 Å². The fourth-order valence-electron chi connectivity index (χ4n) is 2.14. The molecule has 0 spiro atoms. The van der Waals surface area contributed by atoms with E-state index in [9.17, 15) is 0 Å². The van der Waals surface area contributed by atoms with Crippen LogP contribution in [0.2, 0.25) is 0 Å². The summed E-state index contributed by atoms with van der Waals surface area (Å²) in [5.41, 5.74) is 2.36. The quantitative estimate of drug-likeness (QED) is 0.801. The summed E-state index contributed by atoms with van der Waals surface area (Å²) in [5, 5.41) is 8.71. The van der Waals surface area contributed by atoms with Crippen molar-refractivity contribution >= 4 is 5.69 Å². The van der Waals surface area contributed by atoms with E-state index < -0.39 is 0 Å². The van der Waals surface area contributed by atoms with E-state index in [0.29, 0.717) is 6.42 Å². The number of fused-ring (bicyclic) bond motifs is 1. The molecule has 0 saturated heterocycles. The lowest BCUT2D eigenvalue weighted by Gasteiger charge is -2.35. The number of ether oxygens (including phenoxy) is 1. The molecule has 17 heavy (non-hydrogen) atoms. The predicted octanol–water partition coefficient (Wildman–Crippen LogP) is 2.89. The number of nitrogens with zero attached hydrogens (tertiary/aromatic N) is 2. The first-order valence-electron chi connectivity index (χ1n) is 6.13.